The first-order chi connectivity index (χ1) is 14.9. The molecule has 2 heterocycles. The van der Waals surface area contributed by atoms with E-state index in [1.807, 2.05) is 0 Å². The number of imidazole rings is 1. The second-order valence-corrected chi connectivity index (χ2v) is 7.89. The predicted molar refractivity (Wildman–Crippen MR) is 115 cm³/mol. The molecule has 0 amide bonds. The molecule has 1 saturated heterocycles. The first-order valence-electron chi connectivity index (χ1n) is 9.85. The molecule has 3 aromatic rings. The molecule has 1 aromatic heterocycles. The number of nitrogens with one attached hydrogen (secondary N) is 1. The van der Waals surface area contributed by atoms with Gasteiger partial charge in [-0.05, 0) is 56.6 Å². The SMILES string of the molecule is CCOC(=O)c1nc([C@H]2CCCN2)n(-c2cccc(Cl)c2F)c1-c1ccc(F)c(Cl)c1. The van der Waals surface area contributed by atoms with Crippen molar-refractivity contribution in [1.29, 1.82) is 0 Å². The van der Waals surface area contributed by atoms with Gasteiger partial charge in [-0.2, -0.15) is 0 Å². The van der Waals surface area contributed by atoms with Crippen LogP contribution in [0.1, 0.15) is 42.1 Å². The van der Waals surface area contributed by atoms with Crippen molar-refractivity contribution in [2.45, 2.75) is 25.8 Å². The number of benzene rings is 2. The van der Waals surface area contributed by atoms with Gasteiger partial charge in [-0.15, -0.1) is 0 Å². The molecule has 0 unspecified atom stereocenters. The van der Waals surface area contributed by atoms with Gasteiger partial charge in [0.25, 0.3) is 0 Å². The Bertz CT molecular complexity index is 1140. The van der Waals surface area contributed by atoms with Crippen molar-refractivity contribution in [2.75, 3.05) is 13.2 Å². The first-order valence-corrected chi connectivity index (χ1v) is 10.6. The highest BCUT2D eigenvalue weighted by molar-refractivity contribution is 6.31. The van der Waals surface area contributed by atoms with E-state index in [9.17, 15) is 9.18 Å². The normalized spacial score (nSPS) is 16.0. The Labute approximate surface area is 187 Å². The number of halogens is 4. The lowest BCUT2D eigenvalue weighted by atomic mass is 10.1. The van der Waals surface area contributed by atoms with Crippen LogP contribution in [0.25, 0.3) is 16.9 Å². The lowest BCUT2D eigenvalue weighted by Crippen LogP contribution is -2.18. The molecular weight excluding hydrogens is 447 g/mol. The highest BCUT2D eigenvalue weighted by Gasteiger charge is 2.32. The van der Waals surface area contributed by atoms with E-state index in [4.69, 9.17) is 27.9 Å². The number of rotatable bonds is 5. The third kappa shape index (κ3) is 4.05. The number of carbonyl (C=O) groups excluding carboxylic acids is 1. The number of hydrogen-bond acceptors (Lipinski definition) is 4. The van der Waals surface area contributed by atoms with Crippen LogP contribution in [-0.4, -0.2) is 28.7 Å². The Morgan fingerprint density at radius 3 is 2.74 bits per heavy atom. The first kappa shape index (κ1) is 21.7. The maximum atomic E-state index is 15.1. The Hall–Kier alpha value is -2.48. The molecule has 1 fully saturated rings. The van der Waals surface area contributed by atoms with E-state index >= 15 is 4.39 Å². The summed E-state index contributed by atoms with van der Waals surface area (Å²) >= 11 is 12.1. The van der Waals surface area contributed by atoms with E-state index in [-0.39, 0.29) is 39.8 Å². The van der Waals surface area contributed by atoms with Crippen LogP contribution in [0.2, 0.25) is 10.0 Å². The van der Waals surface area contributed by atoms with E-state index < -0.39 is 17.6 Å². The molecule has 1 atom stereocenters. The summed E-state index contributed by atoms with van der Waals surface area (Å²) in [7, 11) is 0. The summed E-state index contributed by atoms with van der Waals surface area (Å²) < 4.78 is 35.7. The van der Waals surface area contributed by atoms with Crippen LogP contribution in [0, 0.1) is 11.6 Å². The van der Waals surface area contributed by atoms with E-state index in [1.165, 1.54) is 24.3 Å². The van der Waals surface area contributed by atoms with Crippen molar-refractivity contribution in [1.82, 2.24) is 14.9 Å². The van der Waals surface area contributed by atoms with E-state index in [0.29, 0.717) is 11.4 Å². The number of ether oxygens (including phenoxy) is 1. The Morgan fingerprint density at radius 2 is 2.06 bits per heavy atom. The minimum Gasteiger partial charge on any atom is -0.461 e. The zero-order valence-electron chi connectivity index (χ0n) is 16.6. The average molecular weight is 466 g/mol. The topological polar surface area (TPSA) is 56.1 Å². The van der Waals surface area contributed by atoms with Gasteiger partial charge in [0, 0.05) is 5.56 Å². The molecule has 9 heteroatoms. The Balaban J connectivity index is 2.06. The standard InChI is InChI=1S/C22H19Cl2F2N3O2/c1-2-31-22(30)19-20(12-8-9-15(25)14(24)11-12)29(17-7-3-5-13(23)18(17)26)21(28-19)16-6-4-10-27-16/h3,5,7-9,11,16,27H,2,4,6,10H2,1H3/t16-/m1/s1. The van der Waals surface area contributed by atoms with Crippen molar-refractivity contribution in [3.05, 3.63) is 69.6 Å². The fourth-order valence-corrected chi connectivity index (χ4v) is 4.09. The van der Waals surface area contributed by atoms with Crippen molar-refractivity contribution in [2.24, 2.45) is 0 Å². The summed E-state index contributed by atoms with van der Waals surface area (Å²) in [4.78, 5) is 17.4. The molecule has 0 saturated carbocycles. The molecule has 5 nitrogen and oxygen atoms in total. The van der Waals surface area contributed by atoms with E-state index in [2.05, 4.69) is 10.3 Å². The summed E-state index contributed by atoms with van der Waals surface area (Å²) in [6.45, 7) is 2.58. The summed E-state index contributed by atoms with van der Waals surface area (Å²) in [5.41, 5.74) is 0.762. The number of hydrogen-bond donors (Lipinski definition) is 1. The van der Waals surface area contributed by atoms with E-state index in [1.54, 1.807) is 23.6 Å². The van der Waals surface area contributed by atoms with Crippen LogP contribution in [0.3, 0.4) is 0 Å². The molecule has 4 rings (SSSR count). The zero-order chi connectivity index (χ0) is 22.1. The van der Waals surface area contributed by atoms with Crippen molar-refractivity contribution >= 4 is 29.2 Å². The molecule has 0 aliphatic carbocycles. The van der Waals surface area contributed by atoms with Gasteiger partial charge >= 0.3 is 5.97 Å². The molecule has 31 heavy (non-hydrogen) atoms. The largest absolute Gasteiger partial charge is 0.461 e. The fourth-order valence-electron chi connectivity index (χ4n) is 3.74. The number of carbonyl (C=O) groups is 1. The lowest BCUT2D eigenvalue weighted by molar-refractivity contribution is 0.0521. The zero-order valence-corrected chi connectivity index (χ0v) is 18.1. The Kier molecular flexibility index (Phi) is 6.27. The van der Waals surface area contributed by atoms with Crippen molar-refractivity contribution < 1.29 is 18.3 Å². The quantitative estimate of drug-likeness (QED) is 0.489. The molecule has 0 bridgehead atoms. The average Bonchev–Trinajstić information content (AvgIpc) is 3.40. The lowest BCUT2D eigenvalue weighted by Gasteiger charge is -2.17. The van der Waals surface area contributed by atoms with Gasteiger partial charge in [-0.3, -0.25) is 4.57 Å². The number of esters is 1. The summed E-state index contributed by atoms with van der Waals surface area (Å²) in [5.74, 6) is -1.50. The van der Waals surface area contributed by atoms with Crippen LogP contribution in [0.15, 0.2) is 36.4 Å². The highest BCUT2D eigenvalue weighted by atomic mass is 35.5. The third-order valence-corrected chi connectivity index (χ3v) is 5.69. The summed E-state index contributed by atoms with van der Waals surface area (Å²) in [5, 5.41) is 3.12. The third-order valence-electron chi connectivity index (χ3n) is 5.11. The van der Waals surface area contributed by atoms with Gasteiger partial charge in [-0.25, -0.2) is 18.6 Å². The molecule has 1 aliphatic rings. The van der Waals surface area contributed by atoms with Crippen LogP contribution >= 0.6 is 23.2 Å². The minimum atomic E-state index is -0.668. The van der Waals surface area contributed by atoms with Gasteiger partial charge in [0.15, 0.2) is 11.5 Å². The fraction of sp³-hybridized carbons (Fsp3) is 0.273. The second kappa shape index (κ2) is 8.94. The van der Waals surface area contributed by atoms with Gasteiger partial charge in [0.05, 0.1) is 34.1 Å². The molecule has 162 valence electrons. The van der Waals surface area contributed by atoms with Gasteiger partial charge in [0.2, 0.25) is 0 Å². The van der Waals surface area contributed by atoms with Crippen molar-refractivity contribution in [3.63, 3.8) is 0 Å². The number of nitrogens with zero attached hydrogens (tertiary/aromatic N) is 2. The van der Waals surface area contributed by atoms with Crippen molar-refractivity contribution in [3.8, 4) is 16.9 Å². The smallest absolute Gasteiger partial charge is 0.359 e. The molecule has 0 radical (unpaired) electrons. The second-order valence-electron chi connectivity index (χ2n) is 7.07. The number of aromatic nitrogens is 2. The summed E-state index contributed by atoms with van der Waals surface area (Å²) in [6, 6.07) is 8.41. The predicted octanol–water partition coefficient (Wildman–Crippen LogP) is 5.73. The molecule has 2 aromatic carbocycles. The molecule has 1 N–H and O–H groups in total. The monoisotopic (exact) mass is 465 g/mol. The Morgan fingerprint density at radius 1 is 1.26 bits per heavy atom. The van der Waals surface area contributed by atoms with Crippen LogP contribution in [0.4, 0.5) is 8.78 Å². The maximum absolute atomic E-state index is 15.1. The minimum absolute atomic E-state index is 0.00685. The highest BCUT2D eigenvalue weighted by Crippen LogP contribution is 2.37. The van der Waals surface area contributed by atoms with Crippen LogP contribution < -0.4 is 5.32 Å². The maximum Gasteiger partial charge on any atom is 0.359 e. The van der Waals surface area contributed by atoms with Crippen LogP contribution in [0.5, 0.6) is 0 Å². The van der Waals surface area contributed by atoms with Crippen LogP contribution in [-0.2, 0) is 4.74 Å². The van der Waals surface area contributed by atoms with Gasteiger partial charge in [0.1, 0.15) is 11.6 Å². The van der Waals surface area contributed by atoms with Gasteiger partial charge < -0.3 is 10.1 Å². The van der Waals surface area contributed by atoms with E-state index in [0.717, 1.165) is 19.4 Å². The molecule has 1 aliphatic heterocycles. The summed E-state index contributed by atoms with van der Waals surface area (Å²) in [6.07, 6.45) is 1.66. The molecule has 0 spiro atoms. The molecular formula is C22H19Cl2F2N3O2. The van der Waals surface area contributed by atoms with Gasteiger partial charge in [-0.1, -0.05) is 29.3 Å².